The van der Waals surface area contributed by atoms with Gasteiger partial charge in [0.05, 0.1) is 12.9 Å². The molecule has 0 rings (SSSR count). The van der Waals surface area contributed by atoms with Crippen molar-refractivity contribution in [1.29, 1.82) is 0 Å². The first-order valence-electron chi connectivity index (χ1n) is 3.05. The summed E-state index contributed by atoms with van der Waals surface area (Å²) in [4.78, 5) is 9.80. The second-order valence-electron chi connectivity index (χ2n) is 1.86. The molecule has 0 bridgehead atoms. The Labute approximate surface area is 61.2 Å². The van der Waals surface area contributed by atoms with E-state index in [0.29, 0.717) is 19.4 Å². The SMILES string of the molecule is C=COCCC(=C)C[C]=O. The monoisotopic (exact) mass is 139 g/mol. The molecule has 0 atom stereocenters. The van der Waals surface area contributed by atoms with E-state index in [2.05, 4.69) is 13.2 Å². The molecular weight excluding hydrogens is 128 g/mol. The molecule has 2 heteroatoms. The topological polar surface area (TPSA) is 26.3 Å². The molecule has 1 radical (unpaired) electrons. The van der Waals surface area contributed by atoms with Crippen LogP contribution in [0.15, 0.2) is 25.0 Å². The van der Waals surface area contributed by atoms with Gasteiger partial charge in [-0.25, -0.2) is 0 Å². The standard InChI is InChI=1S/C8H11O2/c1-3-10-7-5-8(2)4-6-9/h3H,1-2,4-5,7H2. The zero-order chi connectivity index (χ0) is 7.82. The summed E-state index contributed by atoms with van der Waals surface area (Å²) in [6.45, 7) is 7.56. The molecule has 0 unspecified atom stereocenters. The van der Waals surface area contributed by atoms with Crippen LogP contribution in [-0.4, -0.2) is 12.9 Å². The van der Waals surface area contributed by atoms with Crippen molar-refractivity contribution in [2.24, 2.45) is 0 Å². The molecule has 0 aromatic heterocycles. The Morgan fingerprint density at radius 2 is 2.40 bits per heavy atom. The van der Waals surface area contributed by atoms with Gasteiger partial charge in [-0.15, -0.1) is 0 Å². The zero-order valence-electron chi connectivity index (χ0n) is 5.93. The Morgan fingerprint density at radius 3 is 2.90 bits per heavy atom. The smallest absolute Gasteiger partial charge is 0.202 e. The number of ether oxygens (including phenoxy) is 1. The third-order valence-electron chi connectivity index (χ3n) is 1.01. The lowest BCUT2D eigenvalue weighted by molar-refractivity contribution is 0.254. The van der Waals surface area contributed by atoms with E-state index in [1.54, 1.807) is 6.29 Å². The fourth-order valence-corrected chi connectivity index (χ4v) is 0.477. The van der Waals surface area contributed by atoms with Crippen LogP contribution in [0.1, 0.15) is 12.8 Å². The second-order valence-corrected chi connectivity index (χ2v) is 1.86. The number of carbonyl (C=O) groups excluding carboxylic acids is 1. The molecule has 0 spiro atoms. The van der Waals surface area contributed by atoms with E-state index in [4.69, 9.17) is 4.74 Å². The highest BCUT2D eigenvalue weighted by atomic mass is 16.5. The molecule has 0 aromatic rings. The Balaban J connectivity index is 3.20. The normalized spacial score (nSPS) is 8.40. The van der Waals surface area contributed by atoms with Crippen molar-refractivity contribution in [3.05, 3.63) is 25.0 Å². The van der Waals surface area contributed by atoms with Gasteiger partial charge in [0.2, 0.25) is 6.29 Å². The van der Waals surface area contributed by atoms with Crippen molar-refractivity contribution in [2.45, 2.75) is 12.8 Å². The number of rotatable bonds is 6. The van der Waals surface area contributed by atoms with E-state index in [1.165, 1.54) is 6.26 Å². The van der Waals surface area contributed by atoms with Gasteiger partial charge in [0.25, 0.3) is 0 Å². The van der Waals surface area contributed by atoms with Crippen LogP contribution < -0.4 is 0 Å². The molecule has 0 saturated heterocycles. The fourth-order valence-electron chi connectivity index (χ4n) is 0.477. The van der Waals surface area contributed by atoms with Crippen LogP contribution in [0.5, 0.6) is 0 Å². The highest BCUT2D eigenvalue weighted by Gasteiger charge is 1.92. The van der Waals surface area contributed by atoms with Crippen molar-refractivity contribution >= 4 is 6.29 Å². The van der Waals surface area contributed by atoms with Crippen molar-refractivity contribution in [3.63, 3.8) is 0 Å². The minimum atomic E-state index is 0.306. The Hall–Kier alpha value is -1.05. The van der Waals surface area contributed by atoms with Gasteiger partial charge in [0, 0.05) is 12.8 Å². The Morgan fingerprint density at radius 1 is 1.70 bits per heavy atom. The summed E-state index contributed by atoms with van der Waals surface area (Å²) in [6, 6.07) is 0. The van der Waals surface area contributed by atoms with Gasteiger partial charge >= 0.3 is 0 Å². The summed E-state index contributed by atoms with van der Waals surface area (Å²) >= 11 is 0. The highest BCUT2D eigenvalue weighted by Crippen LogP contribution is 2.00. The molecule has 0 N–H and O–H groups in total. The molecule has 0 fully saturated rings. The van der Waals surface area contributed by atoms with E-state index in [9.17, 15) is 4.79 Å². The third-order valence-corrected chi connectivity index (χ3v) is 1.01. The van der Waals surface area contributed by atoms with Gasteiger partial charge in [-0.05, 0) is 0 Å². The first-order valence-corrected chi connectivity index (χ1v) is 3.05. The van der Waals surface area contributed by atoms with Crippen LogP contribution in [0.2, 0.25) is 0 Å². The summed E-state index contributed by atoms with van der Waals surface area (Å²) in [6.07, 6.45) is 4.14. The van der Waals surface area contributed by atoms with Crippen molar-refractivity contribution < 1.29 is 9.53 Å². The lowest BCUT2D eigenvalue weighted by atomic mass is 10.2. The summed E-state index contributed by atoms with van der Waals surface area (Å²) in [5.74, 6) is 0. The largest absolute Gasteiger partial charge is 0.501 e. The molecule has 0 aliphatic heterocycles. The van der Waals surface area contributed by atoms with Crippen molar-refractivity contribution in [1.82, 2.24) is 0 Å². The van der Waals surface area contributed by atoms with E-state index in [-0.39, 0.29) is 0 Å². The van der Waals surface area contributed by atoms with Crippen LogP contribution >= 0.6 is 0 Å². The van der Waals surface area contributed by atoms with Crippen LogP contribution in [0, 0.1) is 0 Å². The maximum absolute atomic E-state index is 9.80. The molecule has 0 aromatic carbocycles. The fraction of sp³-hybridized carbons (Fsp3) is 0.375. The maximum atomic E-state index is 9.80. The Bertz CT molecular complexity index is 127. The van der Waals surface area contributed by atoms with Gasteiger partial charge in [0.15, 0.2) is 0 Å². The van der Waals surface area contributed by atoms with Gasteiger partial charge in [-0.1, -0.05) is 18.7 Å². The summed E-state index contributed by atoms with van der Waals surface area (Å²) in [5, 5.41) is 0. The first-order chi connectivity index (χ1) is 4.81. The molecule has 0 heterocycles. The van der Waals surface area contributed by atoms with Gasteiger partial charge in [0.1, 0.15) is 0 Å². The van der Waals surface area contributed by atoms with Crippen LogP contribution in [0.3, 0.4) is 0 Å². The zero-order valence-corrected chi connectivity index (χ0v) is 5.93. The van der Waals surface area contributed by atoms with E-state index in [0.717, 1.165) is 5.57 Å². The predicted octanol–water partition coefficient (Wildman–Crippen LogP) is 1.59. The van der Waals surface area contributed by atoms with Crippen LogP contribution in [0.4, 0.5) is 0 Å². The van der Waals surface area contributed by atoms with Gasteiger partial charge in [-0.2, -0.15) is 0 Å². The number of hydrogen-bond acceptors (Lipinski definition) is 2. The summed E-state index contributed by atoms with van der Waals surface area (Å²) in [7, 11) is 0. The molecule has 0 saturated carbocycles. The molecule has 10 heavy (non-hydrogen) atoms. The third kappa shape index (κ3) is 5.09. The molecule has 55 valence electrons. The number of hydrogen-bond donors (Lipinski definition) is 0. The van der Waals surface area contributed by atoms with Crippen molar-refractivity contribution in [2.75, 3.05) is 6.61 Å². The molecule has 0 aliphatic carbocycles. The summed E-state index contributed by atoms with van der Waals surface area (Å²) in [5.41, 5.74) is 0.844. The lowest BCUT2D eigenvalue weighted by Crippen LogP contribution is -1.90. The Kier molecular flexibility index (Phi) is 5.44. The van der Waals surface area contributed by atoms with Crippen LogP contribution in [0.25, 0.3) is 0 Å². The molecule has 0 amide bonds. The molecule has 0 aliphatic rings. The van der Waals surface area contributed by atoms with Gasteiger partial charge in [-0.3, -0.25) is 4.79 Å². The molecule has 2 nitrogen and oxygen atoms in total. The van der Waals surface area contributed by atoms with E-state index in [1.807, 2.05) is 0 Å². The summed E-state index contributed by atoms with van der Waals surface area (Å²) < 4.78 is 4.82. The van der Waals surface area contributed by atoms with E-state index >= 15 is 0 Å². The van der Waals surface area contributed by atoms with E-state index < -0.39 is 0 Å². The average Bonchev–Trinajstić information content (AvgIpc) is 1.89. The predicted molar refractivity (Wildman–Crippen MR) is 40.2 cm³/mol. The quantitative estimate of drug-likeness (QED) is 0.317. The van der Waals surface area contributed by atoms with Gasteiger partial charge < -0.3 is 4.74 Å². The lowest BCUT2D eigenvalue weighted by Gasteiger charge is -1.99. The maximum Gasteiger partial charge on any atom is 0.202 e. The highest BCUT2D eigenvalue weighted by molar-refractivity contribution is 5.54. The second kappa shape index (κ2) is 6.08. The minimum absolute atomic E-state index is 0.306. The minimum Gasteiger partial charge on any atom is -0.501 e. The molecular formula is C8H11O2. The first kappa shape index (κ1) is 8.95. The van der Waals surface area contributed by atoms with Crippen molar-refractivity contribution in [3.8, 4) is 0 Å². The average molecular weight is 139 g/mol. The van der Waals surface area contributed by atoms with Crippen LogP contribution in [-0.2, 0) is 9.53 Å².